The highest BCUT2D eigenvalue weighted by Crippen LogP contribution is 2.14. The molecular weight excluding hydrogens is 324 g/mol. The molecule has 0 spiro atoms. The fourth-order valence-corrected chi connectivity index (χ4v) is 3.21. The number of ether oxygens (including phenoxy) is 1. The molecule has 0 aromatic heterocycles. The summed E-state index contributed by atoms with van der Waals surface area (Å²) in [5.41, 5.74) is 2.29. The van der Waals surface area contributed by atoms with Crippen molar-refractivity contribution in [2.45, 2.75) is 13.0 Å². The van der Waals surface area contributed by atoms with E-state index in [1.165, 1.54) is 5.56 Å². The molecule has 1 aliphatic heterocycles. The number of hydrogen-bond donors (Lipinski definition) is 0. The predicted octanol–water partition coefficient (Wildman–Crippen LogP) is 3.44. The molecule has 0 atom stereocenters. The summed E-state index contributed by atoms with van der Waals surface area (Å²) in [7, 11) is 1.65. The van der Waals surface area contributed by atoms with Crippen LogP contribution in [0.25, 0.3) is 6.08 Å². The first kappa shape index (κ1) is 18.2. The van der Waals surface area contributed by atoms with Gasteiger partial charge in [-0.25, -0.2) is 0 Å². The summed E-state index contributed by atoms with van der Waals surface area (Å²) in [6.07, 6.45) is 4.53. The van der Waals surface area contributed by atoms with Crippen molar-refractivity contribution in [2.24, 2.45) is 0 Å². The topological polar surface area (TPSA) is 32.8 Å². The van der Waals surface area contributed by atoms with Crippen molar-refractivity contribution >= 4 is 12.0 Å². The van der Waals surface area contributed by atoms with E-state index in [0.29, 0.717) is 0 Å². The van der Waals surface area contributed by atoms with Crippen LogP contribution < -0.4 is 4.74 Å². The Morgan fingerprint density at radius 3 is 2.69 bits per heavy atom. The van der Waals surface area contributed by atoms with Crippen molar-refractivity contribution in [1.29, 1.82) is 0 Å². The average Bonchev–Trinajstić information content (AvgIpc) is 2.93. The summed E-state index contributed by atoms with van der Waals surface area (Å²) in [6.45, 7) is 4.47. The standard InChI is InChI=1S/C22H26N2O2/c1-26-21-10-5-9-19(17-21)11-12-22(25)24-14-6-13-23(15-16-24)18-20-7-3-2-4-8-20/h2-5,7-12,17H,6,13-16,18H2,1H3/b12-11+. The molecule has 0 radical (unpaired) electrons. The van der Waals surface area contributed by atoms with Gasteiger partial charge in [0.1, 0.15) is 5.75 Å². The molecule has 0 unspecified atom stereocenters. The predicted molar refractivity (Wildman–Crippen MR) is 105 cm³/mol. The Bertz CT molecular complexity index is 743. The lowest BCUT2D eigenvalue weighted by Gasteiger charge is -2.21. The second-order valence-corrected chi connectivity index (χ2v) is 6.55. The zero-order valence-corrected chi connectivity index (χ0v) is 15.3. The van der Waals surface area contributed by atoms with Crippen LogP contribution in [0, 0.1) is 0 Å². The van der Waals surface area contributed by atoms with Crippen molar-refractivity contribution < 1.29 is 9.53 Å². The fraction of sp³-hybridized carbons (Fsp3) is 0.318. The first-order valence-electron chi connectivity index (χ1n) is 9.12. The van der Waals surface area contributed by atoms with Crippen LogP contribution in [0.1, 0.15) is 17.5 Å². The van der Waals surface area contributed by atoms with Gasteiger partial charge < -0.3 is 9.64 Å². The highest BCUT2D eigenvalue weighted by Gasteiger charge is 2.17. The first-order valence-corrected chi connectivity index (χ1v) is 9.12. The number of methoxy groups -OCH3 is 1. The second kappa shape index (κ2) is 9.20. The Kier molecular flexibility index (Phi) is 6.45. The van der Waals surface area contributed by atoms with E-state index >= 15 is 0 Å². The third-order valence-corrected chi connectivity index (χ3v) is 4.66. The lowest BCUT2D eigenvalue weighted by atomic mass is 10.2. The first-order chi connectivity index (χ1) is 12.7. The van der Waals surface area contributed by atoms with Crippen molar-refractivity contribution in [3.8, 4) is 5.75 Å². The molecule has 1 fully saturated rings. The van der Waals surface area contributed by atoms with Crippen molar-refractivity contribution in [3.05, 3.63) is 71.8 Å². The Morgan fingerprint density at radius 2 is 1.88 bits per heavy atom. The van der Waals surface area contributed by atoms with Crippen LogP contribution in [0.2, 0.25) is 0 Å². The van der Waals surface area contributed by atoms with E-state index in [9.17, 15) is 4.79 Å². The molecule has 4 nitrogen and oxygen atoms in total. The zero-order chi connectivity index (χ0) is 18.2. The second-order valence-electron chi connectivity index (χ2n) is 6.55. The molecule has 1 amide bonds. The van der Waals surface area contributed by atoms with Crippen LogP contribution in [0.4, 0.5) is 0 Å². The molecule has 0 bridgehead atoms. The Balaban J connectivity index is 1.54. The van der Waals surface area contributed by atoms with Gasteiger partial charge in [-0.15, -0.1) is 0 Å². The van der Waals surface area contributed by atoms with Gasteiger partial charge in [0.25, 0.3) is 0 Å². The molecular formula is C22H26N2O2. The smallest absolute Gasteiger partial charge is 0.246 e. The van der Waals surface area contributed by atoms with Gasteiger partial charge in [-0.1, -0.05) is 42.5 Å². The minimum absolute atomic E-state index is 0.0781. The SMILES string of the molecule is COc1cccc(/C=C/C(=O)N2CCCN(Cc3ccccc3)CC2)c1. The van der Waals surface area contributed by atoms with E-state index in [1.807, 2.05) is 41.3 Å². The molecule has 0 N–H and O–H groups in total. The number of benzene rings is 2. The number of carbonyl (C=O) groups excluding carboxylic acids is 1. The molecule has 26 heavy (non-hydrogen) atoms. The van der Waals surface area contributed by atoms with Crippen LogP contribution in [0.15, 0.2) is 60.7 Å². The number of rotatable bonds is 5. The minimum atomic E-state index is 0.0781. The summed E-state index contributed by atoms with van der Waals surface area (Å²) < 4.78 is 5.22. The average molecular weight is 350 g/mol. The van der Waals surface area contributed by atoms with Crippen LogP contribution >= 0.6 is 0 Å². The molecule has 2 aromatic rings. The molecule has 4 heteroatoms. The monoisotopic (exact) mass is 350 g/mol. The van der Waals surface area contributed by atoms with Crippen molar-refractivity contribution in [3.63, 3.8) is 0 Å². The summed E-state index contributed by atoms with van der Waals surface area (Å²) in [4.78, 5) is 16.9. The molecule has 3 rings (SSSR count). The van der Waals surface area contributed by atoms with E-state index in [1.54, 1.807) is 13.2 Å². The van der Waals surface area contributed by atoms with Gasteiger partial charge in [0.15, 0.2) is 0 Å². The molecule has 1 saturated heterocycles. The minimum Gasteiger partial charge on any atom is -0.497 e. The van der Waals surface area contributed by atoms with E-state index in [2.05, 4.69) is 29.2 Å². The summed E-state index contributed by atoms with van der Waals surface area (Å²) in [6, 6.07) is 18.2. The van der Waals surface area contributed by atoms with Crippen LogP contribution in [0.5, 0.6) is 5.75 Å². The van der Waals surface area contributed by atoms with E-state index < -0.39 is 0 Å². The van der Waals surface area contributed by atoms with Crippen molar-refractivity contribution in [2.75, 3.05) is 33.3 Å². The Labute approximate surface area is 155 Å². The molecule has 2 aromatic carbocycles. The van der Waals surface area contributed by atoms with Gasteiger partial charge in [0.2, 0.25) is 5.91 Å². The third-order valence-electron chi connectivity index (χ3n) is 4.66. The Hall–Kier alpha value is -2.59. The molecule has 1 aliphatic rings. The number of carbonyl (C=O) groups is 1. The zero-order valence-electron chi connectivity index (χ0n) is 15.3. The van der Waals surface area contributed by atoms with Gasteiger partial charge >= 0.3 is 0 Å². The normalized spacial score (nSPS) is 15.8. The molecule has 1 heterocycles. The third kappa shape index (κ3) is 5.20. The summed E-state index contributed by atoms with van der Waals surface area (Å²) in [5, 5.41) is 0. The summed E-state index contributed by atoms with van der Waals surface area (Å²) >= 11 is 0. The highest BCUT2D eigenvalue weighted by atomic mass is 16.5. The number of hydrogen-bond acceptors (Lipinski definition) is 3. The lowest BCUT2D eigenvalue weighted by Crippen LogP contribution is -2.34. The maximum atomic E-state index is 12.5. The van der Waals surface area contributed by atoms with Gasteiger partial charge in [0.05, 0.1) is 7.11 Å². The largest absolute Gasteiger partial charge is 0.497 e. The molecule has 0 aliphatic carbocycles. The van der Waals surface area contributed by atoms with Crippen LogP contribution in [-0.4, -0.2) is 49.0 Å². The molecule has 0 saturated carbocycles. The highest BCUT2D eigenvalue weighted by molar-refractivity contribution is 5.91. The fourth-order valence-electron chi connectivity index (χ4n) is 3.21. The quantitative estimate of drug-likeness (QED) is 0.775. The number of nitrogens with zero attached hydrogens (tertiary/aromatic N) is 2. The maximum Gasteiger partial charge on any atom is 0.246 e. The lowest BCUT2D eigenvalue weighted by molar-refractivity contribution is -0.125. The maximum absolute atomic E-state index is 12.5. The van der Waals surface area contributed by atoms with Crippen molar-refractivity contribution in [1.82, 2.24) is 9.80 Å². The van der Waals surface area contributed by atoms with Gasteiger partial charge in [0, 0.05) is 38.8 Å². The van der Waals surface area contributed by atoms with E-state index in [4.69, 9.17) is 4.74 Å². The van der Waals surface area contributed by atoms with Gasteiger partial charge in [-0.3, -0.25) is 9.69 Å². The van der Waals surface area contributed by atoms with Gasteiger partial charge in [-0.05, 0) is 35.8 Å². The van der Waals surface area contributed by atoms with Crippen LogP contribution in [0.3, 0.4) is 0 Å². The van der Waals surface area contributed by atoms with Crippen LogP contribution in [-0.2, 0) is 11.3 Å². The summed E-state index contributed by atoms with van der Waals surface area (Å²) in [5.74, 6) is 0.875. The van der Waals surface area contributed by atoms with E-state index in [0.717, 1.165) is 50.5 Å². The number of amides is 1. The van der Waals surface area contributed by atoms with E-state index in [-0.39, 0.29) is 5.91 Å². The molecule has 136 valence electrons. The Morgan fingerprint density at radius 1 is 1.04 bits per heavy atom. The van der Waals surface area contributed by atoms with Gasteiger partial charge in [-0.2, -0.15) is 0 Å².